The number of likely N-dealkylation sites (N-methyl/N-ethyl adjacent to an activating group) is 1. The Morgan fingerprint density at radius 2 is 2.03 bits per heavy atom. The SMILES string of the molecule is CCC1(N2CC(=O)N(C)c3cnc(Nc4cc5c(cc4C)OCO5)nc32)CC(F)C1. The average Bonchev–Trinajstić information content (AvgIpc) is 3.15. The van der Waals surface area contributed by atoms with Crippen molar-refractivity contribution in [2.24, 2.45) is 0 Å². The van der Waals surface area contributed by atoms with Crippen LogP contribution in [0.4, 0.5) is 27.5 Å². The van der Waals surface area contributed by atoms with Crippen LogP contribution >= 0.6 is 0 Å². The number of aromatic nitrogens is 2. The Morgan fingerprint density at radius 3 is 2.73 bits per heavy atom. The van der Waals surface area contributed by atoms with Gasteiger partial charge in [-0.15, -0.1) is 0 Å². The molecule has 0 bridgehead atoms. The summed E-state index contributed by atoms with van der Waals surface area (Å²) in [6.07, 6.45) is 2.38. The number of benzene rings is 1. The molecule has 1 amide bonds. The molecule has 0 atom stereocenters. The molecule has 1 N–H and O–H groups in total. The van der Waals surface area contributed by atoms with Gasteiger partial charge in [-0.3, -0.25) is 4.79 Å². The van der Waals surface area contributed by atoms with Crippen molar-refractivity contribution in [3.8, 4) is 11.5 Å². The lowest BCUT2D eigenvalue weighted by Gasteiger charge is -2.54. The first-order chi connectivity index (χ1) is 14.4. The molecule has 0 radical (unpaired) electrons. The molecule has 30 heavy (non-hydrogen) atoms. The molecule has 0 saturated heterocycles. The number of alkyl halides is 1. The highest BCUT2D eigenvalue weighted by molar-refractivity contribution is 6.02. The summed E-state index contributed by atoms with van der Waals surface area (Å²) in [7, 11) is 1.72. The lowest BCUT2D eigenvalue weighted by Crippen LogP contribution is -2.62. The van der Waals surface area contributed by atoms with Gasteiger partial charge < -0.3 is 24.6 Å². The molecule has 2 aromatic rings. The van der Waals surface area contributed by atoms with Crippen molar-refractivity contribution in [2.75, 3.05) is 35.5 Å². The summed E-state index contributed by atoms with van der Waals surface area (Å²) in [6.45, 7) is 4.38. The zero-order valence-corrected chi connectivity index (χ0v) is 17.2. The van der Waals surface area contributed by atoms with Crippen LogP contribution in [0.1, 0.15) is 31.7 Å². The number of nitrogens with one attached hydrogen (secondary N) is 1. The van der Waals surface area contributed by atoms with Gasteiger partial charge in [0.25, 0.3) is 0 Å². The second-order valence-corrected chi connectivity index (χ2v) is 8.17. The van der Waals surface area contributed by atoms with Crippen LogP contribution in [0.5, 0.6) is 11.5 Å². The first kappa shape index (κ1) is 18.9. The van der Waals surface area contributed by atoms with Gasteiger partial charge in [-0.05, 0) is 25.0 Å². The molecule has 158 valence electrons. The Hall–Kier alpha value is -3.10. The minimum Gasteiger partial charge on any atom is -0.454 e. The van der Waals surface area contributed by atoms with Gasteiger partial charge in [-0.1, -0.05) is 6.92 Å². The molecule has 1 saturated carbocycles. The topological polar surface area (TPSA) is 79.8 Å². The molecule has 1 aliphatic carbocycles. The van der Waals surface area contributed by atoms with E-state index in [1.807, 2.05) is 30.9 Å². The zero-order valence-electron chi connectivity index (χ0n) is 17.2. The lowest BCUT2D eigenvalue weighted by atomic mass is 9.71. The van der Waals surface area contributed by atoms with Crippen LogP contribution in [-0.4, -0.2) is 48.0 Å². The smallest absolute Gasteiger partial charge is 0.246 e. The maximum atomic E-state index is 13.8. The van der Waals surface area contributed by atoms with Crippen LogP contribution in [0.25, 0.3) is 0 Å². The number of hydrogen-bond acceptors (Lipinski definition) is 7. The number of rotatable bonds is 4. The Balaban J connectivity index is 1.51. The van der Waals surface area contributed by atoms with Crippen molar-refractivity contribution in [1.29, 1.82) is 0 Å². The van der Waals surface area contributed by atoms with Gasteiger partial charge >= 0.3 is 0 Å². The fourth-order valence-corrected chi connectivity index (χ4v) is 4.47. The van der Waals surface area contributed by atoms with Crippen LogP contribution < -0.4 is 24.6 Å². The molecular formula is C21H24FN5O3. The van der Waals surface area contributed by atoms with E-state index in [9.17, 15) is 9.18 Å². The van der Waals surface area contributed by atoms with E-state index in [0.717, 1.165) is 17.7 Å². The molecule has 1 aromatic carbocycles. The minimum atomic E-state index is -0.834. The van der Waals surface area contributed by atoms with Crippen LogP contribution in [-0.2, 0) is 4.79 Å². The predicted molar refractivity (Wildman–Crippen MR) is 111 cm³/mol. The summed E-state index contributed by atoms with van der Waals surface area (Å²) in [5, 5.41) is 3.25. The highest BCUT2D eigenvalue weighted by Crippen LogP contribution is 2.47. The molecule has 3 heterocycles. The first-order valence-electron chi connectivity index (χ1n) is 10.1. The van der Waals surface area contributed by atoms with E-state index in [1.54, 1.807) is 18.1 Å². The van der Waals surface area contributed by atoms with Crippen LogP contribution in [0.3, 0.4) is 0 Å². The van der Waals surface area contributed by atoms with Crippen molar-refractivity contribution < 1.29 is 18.7 Å². The summed E-state index contributed by atoms with van der Waals surface area (Å²) < 4.78 is 24.7. The second kappa shape index (κ2) is 6.72. The van der Waals surface area contributed by atoms with Gasteiger partial charge in [0, 0.05) is 37.2 Å². The third kappa shape index (κ3) is 2.83. The van der Waals surface area contributed by atoms with E-state index in [2.05, 4.69) is 10.3 Å². The largest absolute Gasteiger partial charge is 0.454 e. The second-order valence-electron chi connectivity index (χ2n) is 8.17. The zero-order chi connectivity index (χ0) is 21.0. The van der Waals surface area contributed by atoms with E-state index in [4.69, 9.17) is 14.5 Å². The molecule has 0 unspecified atom stereocenters. The molecule has 2 aliphatic heterocycles. The molecule has 1 fully saturated rings. The maximum absolute atomic E-state index is 13.8. The standard InChI is InChI=1S/C21H24FN5O3/c1-4-21(7-13(22)8-21)27-10-18(28)26(3)15-9-23-20(25-19(15)27)24-14-6-17-16(5-12(14)2)29-11-30-17/h5-6,9,13H,4,7-8,10-11H2,1-3H3,(H,23,24,25). The quantitative estimate of drug-likeness (QED) is 0.824. The summed E-state index contributed by atoms with van der Waals surface area (Å²) in [5.41, 5.74) is 2.03. The normalized spacial score (nSPS) is 24.5. The number of carbonyl (C=O) groups is 1. The van der Waals surface area contributed by atoms with Crippen molar-refractivity contribution >= 4 is 29.0 Å². The average molecular weight is 413 g/mol. The maximum Gasteiger partial charge on any atom is 0.246 e. The summed E-state index contributed by atoms with van der Waals surface area (Å²) >= 11 is 0. The van der Waals surface area contributed by atoms with Gasteiger partial charge in [-0.2, -0.15) is 4.98 Å². The fourth-order valence-electron chi connectivity index (χ4n) is 4.47. The minimum absolute atomic E-state index is 0.0476. The van der Waals surface area contributed by atoms with Crippen molar-refractivity contribution in [1.82, 2.24) is 9.97 Å². The molecule has 5 rings (SSSR count). The highest BCUT2D eigenvalue weighted by Gasteiger charge is 2.51. The number of fused-ring (bicyclic) bond motifs is 2. The molecule has 1 aromatic heterocycles. The molecule has 3 aliphatic rings. The monoisotopic (exact) mass is 413 g/mol. The van der Waals surface area contributed by atoms with Crippen LogP contribution in [0.2, 0.25) is 0 Å². The Labute approximate surface area is 174 Å². The predicted octanol–water partition coefficient (Wildman–Crippen LogP) is 3.32. The Morgan fingerprint density at radius 1 is 1.30 bits per heavy atom. The van der Waals surface area contributed by atoms with Crippen LogP contribution in [0, 0.1) is 6.92 Å². The third-order valence-corrected chi connectivity index (χ3v) is 6.43. The van der Waals surface area contributed by atoms with Crippen molar-refractivity contribution in [2.45, 2.75) is 44.8 Å². The van der Waals surface area contributed by atoms with E-state index < -0.39 is 6.17 Å². The number of amides is 1. The first-order valence-corrected chi connectivity index (χ1v) is 10.1. The summed E-state index contributed by atoms with van der Waals surface area (Å²) in [4.78, 5) is 25.3. The number of nitrogens with zero attached hydrogens (tertiary/aromatic N) is 4. The number of ether oxygens (including phenoxy) is 2. The van der Waals surface area contributed by atoms with Gasteiger partial charge in [-0.25, -0.2) is 9.37 Å². The van der Waals surface area contributed by atoms with E-state index >= 15 is 0 Å². The Bertz CT molecular complexity index is 1020. The fraction of sp³-hybridized carbons (Fsp3) is 0.476. The number of hydrogen-bond donors (Lipinski definition) is 1. The van der Waals surface area contributed by atoms with Crippen LogP contribution in [0.15, 0.2) is 18.3 Å². The molecule has 8 nitrogen and oxygen atoms in total. The van der Waals surface area contributed by atoms with E-state index in [-0.39, 0.29) is 24.8 Å². The number of carbonyl (C=O) groups excluding carboxylic acids is 1. The van der Waals surface area contributed by atoms with E-state index in [1.165, 1.54) is 0 Å². The number of anilines is 4. The summed E-state index contributed by atoms with van der Waals surface area (Å²) in [5.74, 6) is 2.40. The lowest BCUT2D eigenvalue weighted by molar-refractivity contribution is -0.117. The molecule has 0 spiro atoms. The molecular weight excluding hydrogens is 389 g/mol. The molecule has 9 heteroatoms. The van der Waals surface area contributed by atoms with E-state index in [0.29, 0.717) is 41.8 Å². The van der Waals surface area contributed by atoms with Gasteiger partial charge in [0.15, 0.2) is 17.3 Å². The third-order valence-electron chi connectivity index (χ3n) is 6.43. The highest BCUT2D eigenvalue weighted by atomic mass is 19.1. The van der Waals surface area contributed by atoms with Gasteiger partial charge in [0.1, 0.15) is 11.9 Å². The van der Waals surface area contributed by atoms with Crippen molar-refractivity contribution in [3.05, 3.63) is 23.9 Å². The van der Waals surface area contributed by atoms with Crippen molar-refractivity contribution in [3.63, 3.8) is 0 Å². The summed E-state index contributed by atoms with van der Waals surface area (Å²) in [6, 6.07) is 3.77. The number of aryl methyl sites for hydroxylation is 1. The van der Waals surface area contributed by atoms with Gasteiger partial charge in [0.05, 0.1) is 12.7 Å². The van der Waals surface area contributed by atoms with Gasteiger partial charge in [0.2, 0.25) is 18.6 Å². The Kier molecular flexibility index (Phi) is 4.23. The number of halogens is 1.